The summed E-state index contributed by atoms with van der Waals surface area (Å²) >= 11 is 2.03. The molecule has 1 amide bonds. The smallest absolute Gasteiger partial charge is 0.289 e. The molecule has 1 aliphatic heterocycles. The summed E-state index contributed by atoms with van der Waals surface area (Å²) in [5.74, 6) is 0.0303. The number of anilines is 1. The molecule has 0 unspecified atom stereocenters. The Labute approximate surface area is 135 Å². The average Bonchev–Trinajstić information content (AvgIpc) is 2.94. The summed E-state index contributed by atoms with van der Waals surface area (Å²) in [6.07, 6.45) is 0. The van der Waals surface area contributed by atoms with Crippen molar-refractivity contribution in [2.24, 2.45) is 0 Å². The number of para-hydroxylation sites is 1. The Morgan fingerprint density at radius 1 is 1.10 bits per heavy atom. The molecule has 1 fully saturated rings. The third-order valence-electron chi connectivity index (χ3n) is 3.54. The zero-order valence-corrected chi connectivity index (χ0v) is 13.4. The van der Waals surface area contributed by atoms with Crippen LogP contribution in [0.25, 0.3) is 0 Å². The van der Waals surface area contributed by atoms with E-state index in [1.165, 1.54) is 6.07 Å². The van der Waals surface area contributed by atoms with Crippen molar-refractivity contribution in [1.82, 2.24) is 4.90 Å². The zero-order chi connectivity index (χ0) is 14.8. The maximum atomic E-state index is 13.8. The second kappa shape index (κ2) is 6.05. The first-order valence-corrected chi connectivity index (χ1v) is 7.77. The molecule has 21 heavy (non-hydrogen) atoms. The van der Waals surface area contributed by atoms with E-state index >= 15 is 0 Å². The highest BCUT2D eigenvalue weighted by atomic mass is 127. The highest BCUT2D eigenvalue weighted by Gasteiger charge is 2.25. The molecule has 2 aromatic rings. The Morgan fingerprint density at radius 2 is 1.81 bits per heavy atom. The van der Waals surface area contributed by atoms with E-state index in [0.717, 1.165) is 0 Å². The third kappa shape index (κ3) is 3.04. The van der Waals surface area contributed by atoms with Gasteiger partial charge in [0.05, 0.1) is 5.69 Å². The predicted molar refractivity (Wildman–Crippen MR) is 85.9 cm³/mol. The lowest BCUT2D eigenvalue weighted by Gasteiger charge is -2.35. The van der Waals surface area contributed by atoms with Gasteiger partial charge in [-0.2, -0.15) is 0 Å². The Balaban J connectivity index is 1.65. The number of hydrogen-bond acceptors (Lipinski definition) is 3. The summed E-state index contributed by atoms with van der Waals surface area (Å²) in [6.45, 7) is 2.35. The maximum Gasteiger partial charge on any atom is 0.289 e. The minimum Gasteiger partial charge on any atom is -0.445 e. The molecule has 0 spiro atoms. The first kappa shape index (κ1) is 14.4. The number of carbonyl (C=O) groups excluding carboxylic acids is 1. The van der Waals surface area contributed by atoms with E-state index in [1.807, 2.05) is 33.6 Å². The van der Waals surface area contributed by atoms with Crippen LogP contribution in [0.3, 0.4) is 0 Å². The van der Waals surface area contributed by atoms with Crippen LogP contribution < -0.4 is 4.90 Å². The molecule has 0 bridgehead atoms. The van der Waals surface area contributed by atoms with Gasteiger partial charge < -0.3 is 14.2 Å². The minimum absolute atomic E-state index is 0.105. The van der Waals surface area contributed by atoms with Crippen molar-refractivity contribution >= 4 is 34.2 Å². The predicted octanol–water partition coefficient (Wildman–Crippen LogP) is 2.99. The van der Waals surface area contributed by atoms with E-state index in [9.17, 15) is 9.18 Å². The van der Waals surface area contributed by atoms with Crippen LogP contribution in [-0.4, -0.2) is 37.0 Å². The second-order valence-corrected chi connectivity index (χ2v) is 5.90. The summed E-state index contributed by atoms with van der Waals surface area (Å²) in [4.78, 5) is 16.0. The van der Waals surface area contributed by atoms with Crippen molar-refractivity contribution in [3.63, 3.8) is 0 Å². The second-order valence-electron chi connectivity index (χ2n) is 4.83. The van der Waals surface area contributed by atoms with Gasteiger partial charge in [-0.15, -0.1) is 0 Å². The molecule has 0 atom stereocenters. The van der Waals surface area contributed by atoms with Crippen LogP contribution in [-0.2, 0) is 0 Å². The molecule has 4 nitrogen and oxygen atoms in total. The number of carbonyl (C=O) groups is 1. The van der Waals surface area contributed by atoms with E-state index in [4.69, 9.17) is 4.42 Å². The summed E-state index contributed by atoms with van der Waals surface area (Å²) in [5.41, 5.74) is 0.595. The fourth-order valence-corrected chi connectivity index (χ4v) is 2.86. The van der Waals surface area contributed by atoms with Crippen molar-refractivity contribution in [3.8, 4) is 0 Å². The van der Waals surface area contributed by atoms with Gasteiger partial charge in [0.1, 0.15) is 5.82 Å². The number of hydrogen-bond donors (Lipinski definition) is 0. The summed E-state index contributed by atoms with van der Waals surface area (Å²) in [6, 6.07) is 10.2. The van der Waals surface area contributed by atoms with E-state index in [-0.39, 0.29) is 11.7 Å². The first-order chi connectivity index (χ1) is 10.1. The number of halogens is 2. The first-order valence-electron chi connectivity index (χ1n) is 6.69. The van der Waals surface area contributed by atoms with Gasteiger partial charge in [-0.3, -0.25) is 4.79 Å². The molecule has 3 rings (SSSR count). The third-order valence-corrected chi connectivity index (χ3v) is 4.12. The molecule has 0 radical (unpaired) electrons. The number of piperazine rings is 1. The van der Waals surface area contributed by atoms with Crippen molar-refractivity contribution in [3.05, 3.63) is 51.7 Å². The van der Waals surface area contributed by atoms with Crippen molar-refractivity contribution in [2.75, 3.05) is 31.1 Å². The molecular weight excluding hydrogens is 386 g/mol. The molecule has 1 aromatic carbocycles. The van der Waals surface area contributed by atoms with Gasteiger partial charge in [-0.1, -0.05) is 12.1 Å². The van der Waals surface area contributed by atoms with Gasteiger partial charge in [0.15, 0.2) is 9.53 Å². The van der Waals surface area contributed by atoms with Crippen LogP contribution in [0.5, 0.6) is 0 Å². The Bertz CT molecular complexity index is 651. The Kier molecular flexibility index (Phi) is 4.14. The molecule has 0 saturated carbocycles. The number of nitrogens with zero attached hydrogens (tertiary/aromatic N) is 2. The lowest BCUT2D eigenvalue weighted by molar-refractivity contribution is 0.0713. The highest BCUT2D eigenvalue weighted by molar-refractivity contribution is 14.1. The fraction of sp³-hybridized carbons (Fsp3) is 0.267. The quantitative estimate of drug-likeness (QED) is 0.728. The largest absolute Gasteiger partial charge is 0.445 e. The molecule has 1 saturated heterocycles. The zero-order valence-electron chi connectivity index (χ0n) is 11.3. The molecule has 0 aliphatic carbocycles. The van der Waals surface area contributed by atoms with Gasteiger partial charge >= 0.3 is 0 Å². The van der Waals surface area contributed by atoms with Gasteiger partial charge in [0, 0.05) is 26.2 Å². The standard InChI is InChI=1S/C15H14FIN2O2/c16-11-3-1-2-4-12(11)18-7-9-19(10-8-18)15(20)13-5-6-14(17)21-13/h1-6H,7-10H2. The number of furan rings is 1. The average molecular weight is 400 g/mol. The SMILES string of the molecule is O=C(c1ccc(I)o1)N1CCN(c2ccccc2F)CC1. The van der Waals surface area contributed by atoms with E-state index in [0.29, 0.717) is 41.4 Å². The molecular formula is C15H14FIN2O2. The Morgan fingerprint density at radius 3 is 2.43 bits per heavy atom. The lowest BCUT2D eigenvalue weighted by Crippen LogP contribution is -2.49. The molecule has 2 heterocycles. The summed E-state index contributed by atoms with van der Waals surface area (Å²) in [5, 5.41) is 0. The monoisotopic (exact) mass is 400 g/mol. The number of amides is 1. The summed E-state index contributed by atoms with van der Waals surface area (Å²) in [7, 11) is 0. The normalized spacial score (nSPS) is 15.3. The van der Waals surface area contributed by atoms with Gasteiger partial charge in [0.25, 0.3) is 5.91 Å². The van der Waals surface area contributed by atoms with Crippen molar-refractivity contribution < 1.29 is 13.6 Å². The van der Waals surface area contributed by atoms with Crippen LogP contribution >= 0.6 is 22.6 Å². The van der Waals surface area contributed by atoms with Crippen molar-refractivity contribution in [1.29, 1.82) is 0 Å². The maximum absolute atomic E-state index is 13.8. The summed E-state index contributed by atoms with van der Waals surface area (Å²) < 4.78 is 19.8. The van der Waals surface area contributed by atoms with Crippen LogP contribution in [0.2, 0.25) is 0 Å². The van der Waals surface area contributed by atoms with Crippen LogP contribution in [0, 0.1) is 9.58 Å². The van der Waals surface area contributed by atoms with E-state index in [1.54, 1.807) is 29.2 Å². The molecule has 1 aliphatic rings. The molecule has 6 heteroatoms. The Hall–Kier alpha value is -1.57. The molecule has 0 N–H and O–H groups in total. The van der Waals surface area contributed by atoms with Crippen molar-refractivity contribution in [2.45, 2.75) is 0 Å². The van der Waals surface area contributed by atoms with Crippen LogP contribution in [0.1, 0.15) is 10.6 Å². The van der Waals surface area contributed by atoms with Gasteiger partial charge in [-0.25, -0.2) is 4.39 Å². The van der Waals surface area contributed by atoms with Crippen LogP contribution in [0.15, 0.2) is 40.8 Å². The number of benzene rings is 1. The fourth-order valence-electron chi connectivity index (χ4n) is 2.44. The minimum atomic E-state index is -0.224. The molecule has 1 aromatic heterocycles. The van der Waals surface area contributed by atoms with Gasteiger partial charge in [-0.05, 0) is 46.9 Å². The van der Waals surface area contributed by atoms with Crippen LogP contribution in [0.4, 0.5) is 10.1 Å². The molecule has 110 valence electrons. The van der Waals surface area contributed by atoms with E-state index in [2.05, 4.69) is 0 Å². The van der Waals surface area contributed by atoms with E-state index < -0.39 is 0 Å². The number of rotatable bonds is 2. The van der Waals surface area contributed by atoms with Gasteiger partial charge in [0.2, 0.25) is 0 Å². The lowest BCUT2D eigenvalue weighted by atomic mass is 10.2. The highest BCUT2D eigenvalue weighted by Crippen LogP contribution is 2.21. The topological polar surface area (TPSA) is 36.7 Å².